The summed E-state index contributed by atoms with van der Waals surface area (Å²) in [5, 5.41) is 11.8. The highest BCUT2D eigenvalue weighted by Crippen LogP contribution is 2.35. The van der Waals surface area contributed by atoms with Crippen LogP contribution in [0, 0.1) is 0 Å². The number of nitrogens with one attached hydrogen (secondary N) is 1. The summed E-state index contributed by atoms with van der Waals surface area (Å²) < 4.78 is 11.4. The standard InChI is InChI=1S/C24H29NO5S/c1-23(2,15-24(3,4)31)30-20-14-16(10-12-19(20)29-5)11-13-21(26)25-18-9-7-6-8-17(18)22(27)28/h6-14,31H,15H2,1-5H3,(H,25,26)(H,27,28)/b13-11+. The largest absolute Gasteiger partial charge is 0.493 e. The normalized spacial score (nSPS) is 11.9. The van der Waals surface area contributed by atoms with Crippen LogP contribution in [-0.4, -0.2) is 34.4 Å². The van der Waals surface area contributed by atoms with Crippen molar-refractivity contribution in [3.05, 3.63) is 59.7 Å². The fraction of sp³-hybridized carbons (Fsp3) is 0.333. The second-order valence-corrected chi connectivity index (χ2v) is 9.65. The number of carbonyl (C=O) groups is 2. The van der Waals surface area contributed by atoms with Crippen LogP contribution in [0.3, 0.4) is 0 Å². The van der Waals surface area contributed by atoms with Crippen LogP contribution in [0.5, 0.6) is 11.5 Å². The first-order valence-corrected chi connectivity index (χ1v) is 10.3. The fourth-order valence-corrected chi connectivity index (χ4v) is 3.76. The highest BCUT2D eigenvalue weighted by Gasteiger charge is 2.29. The van der Waals surface area contributed by atoms with E-state index in [0.717, 1.165) is 5.56 Å². The second-order valence-electron chi connectivity index (χ2n) is 8.43. The van der Waals surface area contributed by atoms with Crippen molar-refractivity contribution in [3.8, 4) is 11.5 Å². The number of carbonyl (C=O) groups excluding carboxylic acids is 1. The molecule has 0 unspecified atom stereocenters. The molecule has 0 saturated carbocycles. The number of benzene rings is 2. The number of hydrogen-bond donors (Lipinski definition) is 3. The molecule has 0 aliphatic heterocycles. The molecule has 0 radical (unpaired) electrons. The first-order chi connectivity index (χ1) is 14.4. The van der Waals surface area contributed by atoms with Gasteiger partial charge in [0.05, 0.1) is 18.4 Å². The molecule has 0 aliphatic rings. The molecule has 0 bridgehead atoms. The SMILES string of the molecule is COc1ccc(/C=C/C(=O)Nc2ccccc2C(=O)O)cc1OC(C)(C)CC(C)(C)S. The first kappa shape index (κ1) is 24.3. The molecule has 0 aromatic heterocycles. The average molecular weight is 444 g/mol. The molecule has 0 heterocycles. The maximum absolute atomic E-state index is 12.3. The van der Waals surface area contributed by atoms with E-state index in [1.807, 2.05) is 27.7 Å². The van der Waals surface area contributed by atoms with Crippen LogP contribution in [0.15, 0.2) is 48.5 Å². The summed E-state index contributed by atoms with van der Waals surface area (Å²) >= 11 is 4.60. The minimum absolute atomic E-state index is 0.0266. The van der Waals surface area contributed by atoms with Crippen LogP contribution in [0.4, 0.5) is 5.69 Å². The number of amides is 1. The van der Waals surface area contributed by atoms with Crippen LogP contribution in [0.1, 0.15) is 50.0 Å². The van der Waals surface area contributed by atoms with Gasteiger partial charge in [-0.25, -0.2) is 4.79 Å². The number of aromatic carboxylic acids is 1. The molecule has 2 aromatic carbocycles. The maximum atomic E-state index is 12.3. The Hall–Kier alpha value is -2.93. The molecule has 0 fully saturated rings. The second kappa shape index (κ2) is 9.92. The molecule has 0 spiro atoms. The zero-order valence-electron chi connectivity index (χ0n) is 18.4. The molecule has 7 heteroatoms. The summed E-state index contributed by atoms with van der Waals surface area (Å²) in [6.07, 6.45) is 3.67. The van der Waals surface area contributed by atoms with Gasteiger partial charge in [0.25, 0.3) is 0 Å². The van der Waals surface area contributed by atoms with Crippen LogP contribution in [0.2, 0.25) is 0 Å². The van der Waals surface area contributed by atoms with Crippen molar-refractivity contribution in [1.82, 2.24) is 0 Å². The quantitative estimate of drug-likeness (QED) is 0.362. The topological polar surface area (TPSA) is 84.9 Å². The Kier molecular flexibility index (Phi) is 7.79. The van der Waals surface area contributed by atoms with E-state index < -0.39 is 17.5 Å². The average Bonchev–Trinajstić information content (AvgIpc) is 2.64. The van der Waals surface area contributed by atoms with Gasteiger partial charge in [0.15, 0.2) is 11.5 Å². The highest BCUT2D eigenvalue weighted by atomic mass is 32.1. The number of carboxylic acid groups (broad SMARTS) is 1. The minimum atomic E-state index is -1.11. The van der Waals surface area contributed by atoms with Gasteiger partial charge >= 0.3 is 5.97 Å². The van der Waals surface area contributed by atoms with Crippen molar-refractivity contribution in [2.75, 3.05) is 12.4 Å². The highest BCUT2D eigenvalue weighted by molar-refractivity contribution is 7.81. The molecule has 2 rings (SSSR count). The van der Waals surface area contributed by atoms with E-state index >= 15 is 0 Å². The van der Waals surface area contributed by atoms with Crippen LogP contribution in [0.25, 0.3) is 6.08 Å². The summed E-state index contributed by atoms with van der Waals surface area (Å²) in [5.74, 6) is -0.404. The van der Waals surface area contributed by atoms with Crippen molar-refractivity contribution in [1.29, 1.82) is 0 Å². The van der Waals surface area contributed by atoms with Crippen LogP contribution < -0.4 is 14.8 Å². The fourth-order valence-electron chi connectivity index (χ4n) is 3.38. The van der Waals surface area contributed by atoms with E-state index in [1.165, 1.54) is 12.1 Å². The number of para-hydroxylation sites is 1. The van der Waals surface area contributed by atoms with E-state index in [1.54, 1.807) is 49.6 Å². The first-order valence-electron chi connectivity index (χ1n) is 9.81. The van der Waals surface area contributed by atoms with Crippen molar-refractivity contribution in [2.24, 2.45) is 0 Å². The summed E-state index contributed by atoms with van der Waals surface area (Å²) in [7, 11) is 1.57. The lowest BCUT2D eigenvalue weighted by Crippen LogP contribution is -2.35. The summed E-state index contributed by atoms with van der Waals surface area (Å²) in [4.78, 5) is 23.6. The zero-order chi connectivity index (χ0) is 23.2. The molecule has 2 aromatic rings. The molecule has 1 amide bonds. The van der Waals surface area contributed by atoms with Crippen LogP contribution in [-0.2, 0) is 4.79 Å². The van der Waals surface area contributed by atoms with Crippen molar-refractivity contribution in [3.63, 3.8) is 0 Å². The van der Waals surface area contributed by atoms with E-state index in [0.29, 0.717) is 17.9 Å². The Morgan fingerprint density at radius 2 is 1.77 bits per heavy atom. The molecular weight excluding hydrogens is 414 g/mol. The van der Waals surface area contributed by atoms with Gasteiger partial charge in [-0.2, -0.15) is 12.6 Å². The van der Waals surface area contributed by atoms with Gasteiger partial charge in [-0.3, -0.25) is 4.79 Å². The Morgan fingerprint density at radius 3 is 2.39 bits per heavy atom. The van der Waals surface area contributed by atoms with Gasteiger partial charge in [-0.05, 0) is 49.8 Å². The number of methoxy groups -OCH3 is 1. The number of rotatable bonds is 9. The maximum Gasteiger partial charge on any atom is 0.337 e. The molecule has 166 valence electrons. The molecule has 0 aliphatic carbocycles. The zero-order valence-corrected chi connectivity index (χ0v) is 19.3. The molecule has 0 atom stereocenters. The molecule has 0 saturated heterocycles. The third-order valence-electron chi connectivity index (χ3n) is 4.27. The van der Waals surface area contributed by atoms with Gasteiger partial charge in [-0.1, -0.05) is 32.0 Å². The van der Waals surface area contributed by atoms with Crippen molar-refractivity contribution in [2.45, 2.75) is 44.5 Å². The Bertz CT molecular complexity index is 976. The van der Waals surface area contributed by atoms with Crippen molar-refractivity contribution < 1.29 is 24.2 Å². The van der Waals surface area contributed by atoms with Gasteiger partial charge < -0.3 is 19.9 Å². The number of thiol groups is 1. The van der Waals surface area contributed by atoms with Crippen molar-refractivity contribution >= 4 is 36.3 Å². The molecule has 2 N–H and O–H groups in total. The van der Waals surface area contributed by atoms with Gasteiger partial charge in [-0.15, -0.1) is 0 Å². The lowest BCUT2D eigenvalue weighted by Gasteiger charge is -2.33. The molecule has 31 heavy (non-hydrogen) atoms. The minimum Gasteiger partial charge on any atom is -0.493 e. The number of hydrogen-bond acceptors (Lipinski definition) is 5. The smallest absolute Gasteiger partial charge is 0.337 e. The van der Waals surface area contributed by atoms with E-state index in [2.05, 4.69) is 17.9 Å². The summed E-state index contributed by atoms with van der Waals surface area (Å²) in [6, 6.07) is 11.6. The predicted molar refractivity (Wildman–Crippen MR) is 126 cm³/mol. The Balaban J connectivity index is 2.18. The van der Waals surface area contributed by atoms with Crippen LogP contribution >= 0.6 is 12.6 Å². The van der Waals surface area contributed by atoms with Gasteiger partial charge in [0, 0.05) is 17.2 Å². The molecule has 6 nitrogen and oxygen atoms in total. The third kappa shape index (κ3) is 7.68. The summed E-state index contributed by atoms with van der Waals surface area (Å²) in [5.41, 5.74) is 0.510. The number of carboxylic acids is 1. The Labute approximate surface area is 188 Å². The monoisotopic (exact) mass is 443 g/mol. The van der Waals surface area contributed by atoms with Gasteiger partial charge in [0.2, 0.25) is 5.91 Å². The van der Waals surface area contributed by atoms with Gasteiger partial charge in [0.1, 0.15) is 5.60 Å². The van der Waals surface area contributed by atoms with E-state index in [-0.39, 0.29) is 16.0 Å². The number of ether oxygens (including phenoxy) is 2. The van der Waals surface area contributed by atoms with E-state index in [9.17, 15) is 14.7 Å². The summed E-state index contributed by atoms with van der Waals surface area (Å²) in [6.45, 7) is 8.03. The Morgan fingerprint density at radius 1 is 1.10 bits per heavy atom. The number of anilines is 1. The lowest BCUT2D eigenvalue weighted by atomic mass is 9.95. The third-order valence-corrected chi connectivity index (χ3v) is 4.43. The predicted octanol–water partition coefficient (Wildman–Crippen LogP) is 5.30. The molecular formula is C24H29NO5S. The lowest BCUT2D eigenvalue weighted by molar-refractivity contribution is -0.111. The van der Waals surface area contributed by atoms with E-state index in [4.69, 9.17) is 9.47 Å².